The highest BCUT2D eigenvalue weighted by atomic mass is 16.5. The second-order valence-electron chi connectivity index (χ2n) is 3.51. The van der Waals surface area contributed by atoms with E-state index in [2.05, 4.69) is 20.8 Å². The lowest BCUT2D eigenvalue weighted by Crippen LogP contribution is -2.34. The van der Waals surface area contributed by atoms with Gasteiger partial charge >= 0.3 is 0 Å². The molecule has 0 radical (unpaired) electrons. The SMILES string of the molecule is COCCCNC(=O)CNCc1cccnn1. The van der Waals surface area contributed by atoms with E-state index in [0.29, 0.717) is 19.7 Å². The quantitative estimate of drug-likeness (QED) is 0.609. The van der Waals surface area contributed by atoms with Gasteiger partial charge in [0.2, 0.25) is 5.91 Å². The Kier molecular flexibility index (Phi) is 6.85. The van der Waals surface area contributed by atoms with E-state index in [0.717, 1.165) is 12.1 Å². The lowest BCUT2D eigenvalue weighted by Gasteiger charge is -2.05. The highest BCUT2D eigenvalue weighted by molar-refractivity contribution is 5.77. The zero-order valence-corrected chi connectivity index (χ0v) is 9.98. The van der Waals surface area contributed by atoms with Crippen LogP contribution in [0.5, 0.6) is 0 Å². The fourth-order valence-electron chi connectivity index (χ4n) is 1.24. The second-order valence-corrected chi connectivity index (χ2v) is 3.51. The van der Waals surface area contributed by atoms with Gasteiger partial charge in [-0.2, -0.15) is 10.2 Å². The van der Waals surface area contributed by atoms with E-state index in [9.17, 15) is 4.79 Å². The molecule has 0 saturated carbocycles. The standard InChI is InChI=1S/C11H18N4O2/c1-17-7-3-5-13-11(16)9-12-8-10-4-2-6-14-15-10/h2,4,6,12H,3,5,7-9H2,1H3,(H,13,16). The number of hydrogen-bond acceptors (Lipinski definition) is 5. The van der Waals surface area contributed by atoms with Gasteiger partial charge in [-0.25, -0.2) is 0 Å². The largest absolute Gasteiger partial charge is 0.385 e. The van der Waals surface area contributed by atoms with E-state index >= 15 is 0 Å². The van der Waals surface area contributed by atoms with Crippen molar-refractivity contribution in [1.29, 1.82) is 0 Å². The molecule has 0 saturated heterocycles. The molecule has 0 unspecified atom stereocenters. The Morgan fingerprint density at radius 3 is 3.12 bits per heavy atom. The highest BCUT2D eigenvalue weighted by Gasteiger charge is 2.00. The molecule has 6 nitrogen and oxygen atoms in total. The summed E-state index contributed by atoms with van der Waals surface area (Å²) in [6.45, 7) is 2.12. The molecule has 0 aliphatic heterocycles. The maximum absolute atomic E-state index is 11.3. The third-order valence-electron chi connectivity index (χ3n) is 2.07. The molecule has 0 bridgehead atoms. The number of ether oxygens (including phenoxy) is 1. The smallest absolute Gasteiger partial charge is 0.233 e. The van der Waals surface area contributed by atoms with Crippen LogP contribution in [0.15, 0.2) is 18.3 Å². The third kappa shape index (κ3) is 6.60. The monoisotopic (exact) mass is 238 g/mol. The molecule has 6 heteroatoms. The summed E-state index contributed by atoms with van der Waals surface area (Å²) in [7, 11) is 1.64. The van der Waals surface area contributed by atoms with Crippen molar-refractivity contribution in [2.24, 2.45) is 0 Å². The molecule has 1 aromatic heterocycles. The summed E-state index contributed by atoms with van der Waals surface area (Å²) in [6, 6.07) is 3.67. The van der Waals surface area contributed by atoms with Crippen LogP contribution in [0.3, 0.4) is 0 Å². The molecule has 0 spiro atoms. The summed E-state index contributed by atoms with van der Waals surface area (Å²) in [4.78, 5) is 11.3. The summed E-state index contributed by atoms with van der Waals surface area (Å²) in [6.07, 6.45) is 2.44. The van der Waals surface area contributed by atoms with E-state index in [1.54, 1.807) is 13.3 Å². The van der Waals surface area contributed by atoms with Crippen LogP contribution in [0.2, 0.25) is 0 Å². The van der Waals surface area contributed by atoms with E-state index in [1.165, 1.54) is 0 Å². The number of aromatic nitrogens is 2. The predicted octanol–water partition coefficient (Wildman–Crippen LogP) is -0.281. The van der Waals surface area contributed by atoms with E-state index < -0.39 is 0 Å². The number of nitrogens with one attached hydrogen (secondary N) is 2. The van der Waals surface area contributed by atoms with E-state index in [4.69, 9.17) is 4.74 Å². The Bertz CT molecular complexity index is 319. The van der Waals surface area contributed by atoms with E-state index in [-0.39, 0.29) is 12.5 Å². The number of hydrogen-bond donors (Lipinski definition) is 2. The number of carbonyl (C=O) groups excluding carboxylic acids is 1. The van der Waals surface area contributed by atoms with Crippen LogP contribution in [0, 0.1) is 0 Å². The number of methoxy groups -OCH3 is 1. The zero-order valence-electron chi connectivity index (χ0n) is 9.98. The van der Waals surface area contributed by atoms with Gasteiger partial charge in [0.25, 0.3) is 0 Å². The third-order valence-corrected chi connectivity index (χ3v) is 2.07. The van der Waals surface area contributed by atoms with Gasteiger partial charge in [-0.3, -0.25) is 4.79 Å². The fourth-order valence-corrected chi connectivity index (χ4v) is 1.24. The first-order valence-corrected chi connectivity index (χ1v) is 5.56. The van der Waals surface area contributed by atoms with Crippen molar-refractivity contribution in [3.63, 3.8) is 0 Å². The summed E-state index contributed by atoms with van der Waals surface area (Å²) in [5.41, 5.74) is 0.819. The Morgan fingerprint density at radius 2 is 2.41 bits per heavy atom. The van der Waals surface area contributed by atoms with Crippen molar-refractivity contribution < 1.29 is 9.53 Å². The van der Waals surface area contributed by atoms with Crippen LogP contribution < -0.4 is 10.6 Å². The number of amides is 1. The number of nitrogens with zero attached hydrogens (tertiary/aromatic N) is 2. The van der Waals surface area contributed by atoms with Crippen LogP contribution in [0.1, 0.15) is 12.1 Å². The molecule has 94 valence electrons. The molecular weight excluding hydrogens is 220 g/mol. The van der Waals surface area contributed by atoms with Crippen LogP contribution in [0.25, 0.3) is 0 Å². The molecule has 2 N–H and O–H groups in total. The fraction of sp³-hybridized carbons (Fsp3) is 0.545. The molecule has 0 aliphatic rings. The molecule has 1 rings (SSSR count). The minimum Gasteiger partial charge on any atom is -0.385 e. The highest BCUT2D eigenvalue weighted by Crippen LogP contribution is 1.88. The van der Waals surface area contributed by atoms with Gasteiger partial charge in [-0.1, -0.05) is 0 Å². The van der Waals surface area contributed by atoms with Gasteiger partial charge in [0.05, 0.1) is 12.2 Å². The Balaban J connectivity index is 2.04. The molecule has 17 heavy (non-hydrogen) atoms. The number of carbonyl (C=O) groups is 1. The van der Waals surface area contributed by atoms with Crippen molar-refractivity contribution in [2.75, 3.05) is 26.8 Å². The van der Waals surface area contributed by atoms with Gasteiger partial charge < -0.3 is 15.4 Å². The molecule has 1 aromatic rings. The first kappa shape index (κ1) is 13.5. The van der Waals surface area contributed by atoms with Crippen LogP contribution in [-0.4, -0.2) is 42.9 Å². The normalized spacial score (nSPS) is 10.2. The number of rotatable bonds is 8. The lowest BCUT2D eigenvalue weighted by molar-refractivity contribution is -0.120. The van der Waals surface area contributed by atoms with Crippen molar-refractivity contribution in [3.8, 4) is 0 Å². The van der Waals surface area contributed by atoms with Gasteiger partial charge in [-0.15, -0.1) is 0 Å². The molecule has 1 heterocycles. The van der Waals surface area contributed by atoms with Crippen molar-refractivity contribution in [2.45, 2.75) is 13.0 Å². The van der Waals surface area contributed by atoms with Gasteiger partial charge in [0.15, 0.2) is 0 Å². The summed E-state index contributed by atoms with van der Waals surface area (Å²) in [5.74, 6) is -0.0232. The van der Waals surface area contributed by atoms with Crippen LogP contribution >= 0.6 is 0 Å². The molecule has 0 atom stereocenters. The maximum Gasteiger partial charge on any atom is 0.233 e. The average molecular weight is 238 g/mol. The Labute approximate surface area is 101 Å². The topological polar surface area (TPSA) is 76.1 Å². The van der Waals surface area contributed by atoms with E-state index in [1.807, 2.05) is 12.1 Å². The summed E-state index contributed by atoms with van der Waals surface area (Å²) in [5, 5.41) is 13.4. The molecule has 0 aromatic carbocycles. The molecule has 1 amide bonds. The minimum absolute atomic E-state index is 0.0232. The second kappa shape index (κ2) is 8.60. The van der Waals surface area contributed by atoms with Gasteiger partial charge in [0, 0.05) is 33.0 Å². The van der Waals surface area contributed by atoms with Crippen molar-refractivity contribution in [3.05, 3.63) is 24.0 Å². The molecular formula is C11H18N4O2. The minimum atomic E-state index is -0.0232. The lowest BCUT2D eigenvalue weighted by atomic mass is 10.4. The first-order valence-electron chi connectivity index (χ1n) is 5.56. The Morgan fingerprint density at radius 1 is 1.53 bits per heavy atom. The maximum atomic E-state index is 11.3. The first-order chi connectivity index (χ1) is 8.33. The van der Waals surface area contributed by atoms with Crippen molar-refractivity contribution >= 4 is 5.91 Å². The van der Waals surface area contributed by atoms with Gasteiger partial charge in [-0.05, 0) is 18.6 Å². The average Bonchev–Trinajstić information content (AvgIpc) is 2.36. The van der Waals surface area contributed by atoms with Crippen LogP contribution in [0.4, 0.5) is 0 Å². The molecule has 0 fully saturated rings. The zero-order chi connectivity index (χ0) is 12.3. The summed E-state index contributed by atoms with van der Waals surface area (Å²) >= 11 is 0. The predicted molar refractivity (Wildman–Crippen MR) is 63.2 cm³/mol. The summed E-state index contributed by atoms with van der Waals surface area (Å²) < 4.78 is 4.88. The van der Waals surface area contributed by atoms with Gasteiger partial charge in [0.1, 0.15) is 0 Å². The van der Waals surface area contributed by atoms with Crippen LogP contribution in [-0.2, 0) is 16.1 Å². The molecule has 0 aliphatic carbocycles. The van der Waals surface area contributed by atoms with Crippen molar-refractivity contribution in [1.82, 2.24) is 20.8 Å². The Hall–Kier alpha value is -1.53.